The van der Waals surface area contributed by atoms with Gasteiger partial charge in [0.1, 0.15) is 0 Å². The van der Waals surface area contributed by atoms with Crippen molar-refractivity contribution in [2.45, 2.75) is 85.2 Å². The molecular weight excluding hydrogens is 256 g/mol. The van der Waals surface area contributed by atoms with Crippen molar-refractivity contribution in [3.63, 3.8) is 0 Å². The second-order valence-electron chi connectivity index (χ2n) is 9.16. The Morgan fingerprint density at radius 3 is 2.19 bits per heavy atom. The van der Waals surface area contributed by atoms with Crippen molar-refractivity contribution in [1.29, 1.82) is 0 Å². The zero-order chi connectivity index (χ0) is 15.7. The summed E-state index contributed by atoms with van der Waals surface area (Å²) in [4.78, 5) is 2.69. The maximum Gasteiger partial charge on any atom is 0.0159 e. The van der Waals surface area contributed by atoms with Crippen molar-refractivity contribution in [3.8, 4) is 0 Å². The molecule has 124 valence electrons. The Morgan fingerprint density at radius 1 is 1.00 bits per heavy atom. The molecule has 2 aliphatic rings. The van der Waals surface area contributed by atoms with Gasteiger partial charge in [0.15, 0.2) is 0 Å². The van der Waals surface area contributed by atoms with Crippen LogP contribution in [0.2, 0.25) is 0 Å². The second-order valence-corrected chi connectivity index (χ2v) is 9.16. The average molecular weight is 295 g/mol. The van der Waals surface area contributed by atoms with Gasteiger partial charge in [-0.2, -0.15) is 0 Å². The Bertz CT molecular complexity index is 324. The molecule has 0 amide bonds. The molecule has 2 rings (SSSR count). The van der Waals surface area contributed by atoms with Gasteiger partial charge in [0.05, 0.1) is 0 Å². The van der Waals surface area contributed by atoms with Crippen LogP contribution in [0, 0.1) is 16.7 Å². The van der Waals surface area contributed by atoms with E-state index in [9.17, 15) is 0 Å². The minimum absolute atomic E-state index is 0.468. The normalized spacial score (nSPS) is 32.7. The van der Waals surface area contributed by atoms with Crippen LogP contribution < -0.4 is 5.32 Å². The fourth-order valence-corrected chi connectivity index (χ4v) is 4.72. The molecule has 0 aliphatic heterocycles. The molecule has 2 fully saturated rings. The van der Waals surface area contributed by atoms with Gasteiger partial charge >= 0.3 is 0 Å². The molecule has 2 atom stereocenters. The molecule has 2 saturated carbocycles. The Hall–Kier alpha value is -0.0800. The van der Waals surface area contributed by atoms with Gasteiger partial charge in [0.25, 0.3) is 0 Å². The van der Waals surface area contributed by atoms with Crippen LogP contribution in [-0.2, 0) is 0 Å². The molecule has 0 radical (unpaired) electrons. The van der Waals surface area contributed by atoms with Gasteiger partial charge < -0.3 is 10.2 Å². The smallest absolute Gasteiger partial charge is 0.0159 e. The van der Waals surface area contributed by atoms with Crippen molar-refractivity contribution >= 4 is 0 Å². The number of nitrogens with one attached hydrogen (secondary N) is 1. The first kappa shape index (κ1) is 17.3. The summed E-state index contributed by atoms with van der Waals surface area (Å²) in [5.74, 6) is 0.833. The van der Waals surface area contributed by atoms with Crippen LogP contribution in [0.1, 0.15) is 73.1 Å². The first-order chi connectivity index (χ1) is 9.75. The summed E-state index contributed by atoms with van der Waals surface area (Å²) in [5.41, 5.74) is 1.05. The third-order valence-corrected chi connectivity index (χ3v) is 6.35. The SMILES string of the molecule is CCNC1C(CN(C)C2CCC(C)(C)CC2)CCC1(C)C. The van der Waals surface area contributed by atoms with Crippen LogP contribution in [0.25, 0.3) is 0 Å². The molecule has 0 spiro atoms. The van der Waals surface area contributed by atoms with Gasteiger partial charge in [-0.1, -0.05) is 34.6 Å². The van der Waals surface area contributed by atoms with Gasteiger partial charge in [-0.3, -0.25) is 0 Å². The van der Waals surface area contributed by atoms with E-state index < -0.39 is 0 Å². The summed E-state index contributed by atoms with van der Waals surface area (Å²) < 4.78 is 0. The molecule has 0 saturated heterocycles. The highest BCUT2D eigenvalue weighted by Crippen LogP contribution is 2.42. The standard InChI is InChI=1S/C19H38N2/c1-7-20-17-15(8-13-19(17,4)5)14-21(6)16-9-11-18(2,3)12-10-16/h15-17,20H,7-14H2,1-6H3. The lowest BCUT2D eigenvalue weighted by Gasteiger charge is -2.40. The largest absolute Gasteiger partial charge is 0.313 e. The zero-order valence-corrected chi connectivity index (χ0v) is 15.3. The van der Waals surface area contributed by atoms with Crippen molar-refractivity contribution in [1.82, 2.24) is 10.2 Å². The summed E-state index contributed by atoms with van der Waals surface area (Å²) in [7, 11) is 2.37. The Kier molecular flexibility index (Phi) is 5.41. The Labute approximate surface area is 133 Å². The fraction of sp³-hybridized carbons (Fsp3) is 1.00. The van der Waals surface area contributed by atoms with E-state index in [1.165, 1.54) is 45.1 Å². The van der Waals surface area contributed by atoms with Crippen molar-refractivity contribution in [2.75, 3.05) is 20.1 Å². The first-order valence-corrected chi connectivity index (χ1v) is 9.19. The van der Waals surface area contributed by atoms with E-state index in [0.29, 0.717) is 16.9 Å². The Morgan fingerprint density at radius 2 is 1.62 bits per heavy atom. The molecule has 0 aromatic heterocycles. The Balaban J connectivity index is 1.89. The maximum absolute atomic E-state index is 3.78. The number of rotatable bonds is 5. The lowest BCUT2D eigenvalue weighted by Crippen LogP contribution is -2.47. The second kappa shape index (κ2) is 6.58. The molecular formula is C19H38N2. The molecule has 2 nitrogen and oxygen atoms in total. The van der Waals surface area contributed by atoms with E-state index >= 15 is 0 Å². The zero-order valence-electron chi connectivity index (χ0n) is 15.3. The lowest BCUT2D eigenvalue weighted by atomic mass is 9.75. The maximum atomic E-state index is 3.78. The highest BCUT2D eigenvalue weighted by Gasteiger charge is 2.42. The summed E-state index contributed by atoms with van der Waals surface area (Å²) >= 11 is 0. The quantitative estimate of drug-likeness (QED) is 0.813. The minimum atomic E-state index is 0.468. The molecule has 2 unspecified atom stereocenters. The molecule has 2 aliphatic carbocycles. The highest BCUT2D eigenvalue weighted by atomic mass is 15.1. The highest BCUT2D eigenvalue weighted by molar-refractivity contribution is 4.97. The topological polar surface area (TPSA) is 15.3 Å². The van der Waals surface area contributed by atoms with E-state index in [0.717, 1.165) is 18.5 Å². The monoisotopic (exact) mass is 294 g/mol. The van der Waals surface area contributed by atoms with E-state index in [4.69, 9.17) is 0 Å². The number of hydrogen-bond donors (Lipinski definition) is 1. The third-order valence-electron chi connectivity index (χ3n) is 6.35. The molecule has 0 bridgehead atoms. The van der Waals surface area contributed by atoms with Gasteiger partial charge in [0.2, 0.25) is 0 Å². The van der Waals surface area contributed by atoms with Crippen LogP contribution >= 0.6 is 0 Å². The number of nitrogens with zero attached hydrogens (tertiary/aromatic N) is 1. The predicted octanol–water partition coefficient (Wildman–Crippen LogP) is 4.30. The third kappa shape index (κ3) is 4.22. The van der Waals surface area contributed by atoms with Crippen LogP contribution in [0.4, 0.5) is 0 Å². The minimum Gasteiger partial charge on any atom is -0.313 e. The van der Waals surface area contributed by atoms with Gasteiger partial charge in [-0.25, -0.2) is 0 Å². The molecule has 1 N–H and O–H groups in total. The molecule has 21 heavy (non-hydrogen) atoms. The molecule has 0 heterocycles. The van der Waals surface area contributed by atoms with Gasteiger partial charge in [-0.05, 0) is 68.9 Å². The van der Waals surface area contributed by atoms with Crippen molar-refractivity contribution < 1.29 is 0 Å². The summed E-state index contributed by atoms with van der Waals surface area (Å²) in [6.45, 7) is 14.4. The summed E-state index contributed by atoms with van der Waals surface area (Å²) in [6, 6.07) is 1.52. The molecule has 0 aromatic carbocycles. The van der Waals surface area contributed by atoms with E-state index in [-0.39, 0.29) is 0 Å². The van der Waals surface area contributed by atoms with Crippen molar-refractivity contribution in [3.05, 3.63) is 0 Å². The van der Waals surface area contributed by atoms with E-state index in [2.05, 4.69) is 51.9 Å². The van der Waals surface area contributed by atoms with Crippen LogP contribution in [0.15, 0.2) is 0 Å². The van der Waals surface area contributed by atoms with Gasteiger partial charge in [0, 0.05) is 18.6 Å². The van der Waals surface area contributed by atoms with Crippen LogP contribution in [0.5, 0.6) is 0 Å². The van der Waals surface area contributed by atoms with Crippen LogP contribution in [0.3, 0.4) is 0 Å². The predicted molar refractivity (Wildman–Crippen MR) is 92.6 cm³/mol. The van der Waals surface area contributed by atoms with Crippen LogP contribution in [-0.4, -0.2) is 37.1 Å². The average Bonchev–Trinajstić information content (AvgIpc) is 2.66. The molecule has 0 aromatic rings. The summed E-state index contributed by atoms with van der Waals surface area (Å²) in [6.07, 6.45) is 8.36. The van der Waals surface area contributed by atoms with E-state index in [1.54, 1.807) is 0 Å². The first-order valence-electron chi connectivity index (χ1n) is 9.19. The summed E-state index contributed by atoms with van der Waals surface area (Å²) in [5, 5.41) is 3.78. The van der Waals surface area contributed by atoms with E-state index in [1.807, 2.05) is 0 Å². The number of hydrogen-bond acceptors (Lipinski definition) is 2. The fourth-order valence-electron chi connectivity index (χ4n) is 4.72. The van der Waals surface area contributed by atoms with Gasteiger partial charge in [-0.15, -0.1) is 0 Å². The van der Waals surface area contributed by atoms with Crippen molar-refractivity contribution in [2.24, 2.45) is 16.7 Å². The molecule has 2 heteroatoms. The lowest BCUT2D eigenvalue weighted by molar-refractivity contribution is 0.105.